The molecule has 3 aromatic carbocycles. The molecule has 1 unspecified atom stereocenters. The molecule has 1 aliphatic heterocycles. The lowest BCUT2D eigenvalue weighted by Crippen LogP contribution is -2.30. The molecule has 1 heterocycles. The van der Waals surface area contributed by atoms with Gasteiger partial charge in [0.05, 0.1) is 7.11 Å². The topological polar surface area (TPSA) is 68.0 Å². The molecule has 0 saturated carbocycles. The Bertz CT molecular complexity index is 884. The van der Waals surface area contributed by atoms with E-state index in [1.807, 2.05) is 55.5 Å². The summed E-state index contributed by atoms with van der Waals surface area (Å²) in [5.74, 6) is 0.762. The zero-order valence-electron chi connectivity index (χ0n) is 17.3. The minimum atomic E-state index is -0.629. The van der Waals surface area contributed by atoms with E-state index < -0.39 is 11.3 Å². The van der Waals surface area contributed by atoms with Gasteiger partial charge in [-0.05, 0) is 42.2 Å². The Balaban J connectivity index is 0.000000177. The fourth-order valence-electron chi connectivity index (χ4n) is 3.66. The average Bonchev–Trinajstić information content (AvgIpc) is 3.35. The largest absolute Gasteiger partial charge is 0.504 e. The van der Waals surface area contributed by atoms with Gasteiger partial charge >= 0.3 is 0 Å². The van der Waals surface area contributed by atoms with E-state index in [0.29, 0.717) is 5.75 Å². The first-order valence-corrected chi connectivity index (χ1v) is 9.90. The third-order valence-corrected chi connectivity index (χ3v) is 5.17. The summed E-state index contributed by atoms with van der Waals surface area (Å²) in [4.78, 5) is 0. The molecule has 0 radical (unpaired) electrons. The van der Waals surface area contributed by atoms with E-state index in [0.717, 1.165) is 24.0 Å². The number of aryl methyl sites for hydroxylation is 1. The van der Waals surface area contributed by atoms with Crippen molar-refractivity contribution in [3.63, 3.8) is 0 Å². The first-order valence-electron chi connectivity index (χ1n) is 9.90. The quantitative estimate of drug-likeness (QED) is 0.601. The number of aromatic hydroxyl groups is 1. The molecule has 1 aliphatic rings. The number of phenolic OH excluding ortho intramolecular Hbond substituents is 1. The van der Waals surface area contributed by atoms with Gasteiger partial charge in [0.2, 0.25) is 0 Å². The Kier molecular flexibility index (Phi) is 6.26. The second-order valence-corrected chi connectivity index (χ2v) is 7.38. The zero-order chi connectivity index (χ0) is 20.9. The third-order valence-electron chi connectivity index (χ3n) is 5.17. The maximum absolute atomic E-state index is 9.28. The van der Waals surface area contributed by atoms with Crippen LogP contribution in [-0.2, 0) is 16.8 Å². The summed E-state index contributed by atoms with van der Waals surface area (Å²) in [6.45, 7) is 4.05. The molecule has 0 aliphatic carbocycles. The number of nitrogens with two attached hydrogens (primary N) is 1. The molecule has 3 N–H and O–H groups in total. The summed E-state index contributed by atoms with van der Waals surface area (Å²) in [5.41, 5.74) is 8.48. The molecular weight excluding hydrogens is 362 g/mol. The highest BCUT2D eigenvalue weighted by Crippen LogP contribution is 2.56. The fourth-order valence-corrected chi connectivity index (χ4v) is 3.66. The van der Waals surface area contributed by atoms with E-state index in [1.165, 1.54) is 5.56 Å². The minimum absolute atomic E-state index is 0.206. The third kappa shape index (κ3) is 4.29. The molecule has 4 nitrogen and oxygen atoms in total. The SMILES string of the molecule is CC1(N)OC1(c1ccccc1)c1ccccc1.CCCc1ccc(O)c(OC)c1. The van der Waals surface area contributed by atoms with E-state index in [-0.39, 0.29) is 5.75 Å². The molecule has 0 amide bonds. The van der Waals surface area contributed by atoms with Crippen molar-refractivity contribution >= 4 is 0 Å². The van der Waals surface area contributed by atoms with Crippen LogP contribution in [-0.4, -0.2) is 17.9 Å². The van der Waals surface area contributed by atoms with Crippen molar-refractivity contribution in [2.24, 2.45) is 5.73 Å². The predicted molar refractivity (Wildman–Crippen MR) is 116 cm³/mol. The molecule has 0 bridgehead atoms. The van der Waals surface area contributed by atoms with E-state index in [4.69, 9.17) is 15.2 Å². The van der Waals surface area contributed by atoms with Crippen LogP contribution in [0.15, 0.2) is 78.9 Å². The number of rotatable bonds is 5. The second kappa shape index (κ2) is 8.68. The summed E-state index contributed by atoms with van der Waals surface area (Å²) in [6.07, 6.45) is 2.13. The van der Waals surface area contributed by atoms with Crippen molar-refractivity contribution in [1.29, 1.82) is 0 Å². The number of epoxide rings is 1. The van der Waals surface area contributed by atoms with Crippen LogP contribution in [0.3, 0.4) is 0 Å². The Morgan fingerprint density at radius 1 is 0.931 bits per heavy atom. The summed E-state index contributed by atoms with van der Waals surface area (Å²) >= 11 is 0. The molecule has 4 heteroatoms. The van der Waals surface area contributed by atoms with Gasteiger partial charge in [0.1, 0.15) is 0 Å². The second-order valence-electron chi connectivity index (χ2n) is 7.38. The van der Waals surface area contributed by atoms with Gasteiger partial charge in [-0.3, -0.25) is 0 Å². The number of benzene rings is 3. The predicted octanol–water partition coefficient (Wildman–Crippen LogP) is 4.99. The molecule has 0 aromatic heterocycles. The number of ether oxygens (including phenoxy) is 2. The van der Waals surface area contributed by atoms with Gasteiger partial charge in [-0.15, -0.1) is 0 Å². The maximum Gasteiger partial charge on any atom is 0.162 e. The van der Waals surface area contributed by atoms with Gasteiger partial charge in [0.25, 0.3) is 0 Å². The summed E-state index contributed by atoms with van der Waals surface area (Å²) in [6, 6.07) is 25.7. The highest BCUT2D eigenvalue weighted by atomic mass is 16.6. The first kappa shape index (κ1) is 20.9. The van der Waals surface area contributed by atoms with Gasteiger partial charge in [0, 0.05) is 0 Å². The Morgan fingerprint density at radius 3 is 1.86 bits per heavy atom. The molecule has 3 aromatic rings. The van der Waals surface area contributed by atoms with Crippen molar-refractivity contribution in [3.8, 4) is 11.5 Å². The zero-order valence-corrected chi connectivity index (χ0v) is 17.3. The highest BCUT2D eigenvalue weighted by Gasteiger charge is 2.66. The van der Waals surface area contributed by atoms with E-state index in [1.54, 1.807) is 13.2 Å². The van der Waals surface area contributed by atoms with Gasteiger partial charge in [-0.2, -0.15) is 0 Å². The van der Waals surface area contributed by atoms with Crippen LogP contribution in [0.1, 0.15) is 37.0 Å². The lowest BCUT2D eigenvalue weighted by atomic mass is 9.86. The Labute approximate surface area is 172 Å². The van der Waals surface area contributed by atoms with Crippen LogP contribution in [0.2, 0.25) is 0 Å². The van der Waals surface area contributed by atoms with Gasteiger partial charge < -0.3 is 20.3 Å². The summed E-state index contributed by atoms with van der Waals surface area (Å²) < 4.78 is 10.8. The van der Waals surface area contributed by atoms with Crippen LogP contribution >= 0.6 is 0 Å². The molecule has 0 spiro atoms. The number of methoxy groups -OCH3 is 1. The van der Waals surface area contributed by atoms with E-state index in [2.05, 4.69) is 31.2 Å². The number of phenols is 1. The van der Waals surface area contributed by atoms with Crippen molar-refractivity contribution < 1.29 is 14.6 Å². The maximum atomic E-state index is 9.28. The van der Waals surface area contributed by atoms with Crippen molar-refractivity contribution in [2.45, 2.75) is 38.0 Å². The fraction of sp³-hybridized carbons (Fsp3) is 0.280. The Hall–Kier alpha value is -2.82. The average molecular weight is 392 g/mol. The van der Waals surface area contributed by atoms with Crippen LogP contribution in [0.25, 0.3) is 0 Å². The van der Waals surface area contributed by atoms with Crippen molar-refractivity contribution in [3.05, 3.63) is 95.6 Å². The molecule has 1 saturated heterocycles. The molecule has 1 atom stereocenters. The van der Waals surface area contributed by atoms with E-state index >= 15 is 0 Å². The minimum Gasteiger partial charge on any atom is -0.504 e. The molecule has 1 fully saturated rings. The normalized spacial score (nSPS) is 19.0. The smallest absolute Gasteiger partial charge is 0.162 e. The Morgan fingerprint density at radius 2 is 1.45 bits per heavy atom. The van der Waals surface area contributed by atoms with Crippen LogP contribution in [0.4, 0.5) is 0 Å². The summed E-state index contributed by atoms with van der Waals surface area (Å²) in [5, 5.41) is 9.28. The molecular formula is C25H29NO3. The van der Waals surface area contributed by atoms with Gasteiger partial charge in [-0.25, -0.2) is 0 Å². The van der Waals surface area contributed by atoms with Crippen LogP contribution < -0.4 is 10.5 Å². The van der Waals surface area contributed by atoms with Crippen molar-refractivity contribution in [1.82, 2.24) is 0 Å². The number of hydrogen-bond donors (Lipinski definition) is 2. The lowest BCUT2D eigenvalue weighted by molar-refractivity contribution is 0.291. The number of hydrogen-bond acceptors (Lipinski definition) is 4. The van der Waals surface area contributed by atoms with Crippen LogP contribution in [0.5, 0.6) is 11.5 Å². The van der Waals surface area contributed by atoms with Crippen molar-refractivity contribution in [2.75, 3.05) is 7.11 Å². The van der Waals surface area contributed by atoms with Crippen LogP contribution in [0, 0.1) is 0 Å². The highest BCUT2D eigenvalue weighted by molar-refractivity contribution is 5.45. The molecule has 152 valence electrons. The standard InChI is InChI=1S/C15H15NO.C10H14O2/c1-14(16)15(17-14,12-8-4-2-5-9-12)13-10-6-3-7-11-13;1-3-4-8-5-6-9(11)10(7-8)12-2/h2-11H,16H2,1H3;5-7,11H,3-4H2,1-2H3. The van der Waals surface area contributed by atoms with Gasteiger partial charge in [-0.1, -0.05) is 80.1 Å². The van der Waals surface area contributed by atoms with Gasteiger partial charge in [0.15, 0.2) is 22.8 Å². The monoisotopic (exact) mass is 391 g/mol. The van der Waals surface area contributed by atoms with E-state index in [9.17, 15) is 5.11 Å². The molecule has 4 rings (SSSR count). The molecule has 29 heavy (non-hydrogen) atoms. The lowest BCUT2D eigenvalue weighted by Gasteiger charge is -2.15. The first-order chi connectivity index (χ1) is 13.9. The summed E-state index contributed by atoms with van der Waals surface area (Å²) in [7, 11) is 1.56.